The van der Waals surface area contributed by atoms with Crippen LogP contribution in [0.3, 0.4) is 0 Å². The summed E-state index contributed by atoms with van der Waals surface area (Å²) < 4.78 is 4.93. The van der Waals surface area contributed by atoms with Crippen molar-refractivity contribution in [3.63, 3.8) is 0 Å². The van der Waals surface area contributed by atoms with Gasteiger partial charge in [-0.05, 0) is 6.42 Å². The van der Waals surface area contributed by atoms with E-state index in [1.165, 1.54) is 0 Å². The lowest BCUT2D eigenvalue weighted by molar-refractivity contribution is -0.140. The van der Waals surface area contributed by atoms with Gasteiger partial charge in [0.05, 0.1) is 5.75 Å². The smallest absolute Gasteiger partial charge is 0.317 e. The van der Waals surface area contributed by atoms with Crippen molar-refractivity contribution in [1.82, 2.24) is 0 Å². The van der Waals surface area contributed by atoms with Gasteiger partial charge in [0.15, 0.2) is 0 Å². The van der Waals surface area contributed by atoms with Gasteiger partial charge in [0.25, 0.3) is 0 Å². The second-order valence-corrected chi connectivity index (χ2v) is 3.17. The van der Waals surface area contributed by atoms with Crippen molar-refractivity contribution in [1.29, 1.82) is 0 Å². The molecule has 1 heterocycles. The third-order valence-corrected chi connectivity index (χ3v) is 2.28. The Balaban J connectivity index is 2.22. The summed E-state index contributed by atoms with van der Waals surface area (Å²) >= 11 is 1.60. The molecule has 1 aliphatic heterocycles. The van der Waals surface area contributed by atoms with Gasteiger partial charge in [-0.3, -0.25) is 4.79 Å². The number of thioether (sulfide) groups is 1. The molecule has 2 nitrogen and oxygen atoms in total. The average molecular weight is 146 g/mol. The van der Waals surface area contributed by atoms with Gasteiger partial charge in [-0.1, -0.05) is 13.3 Å². The Labute approximate surface area is 59.0 Å². The summed E-state index contributed by atoms with van der Waals surface area (Å²) in [6.45, 7) is 2.09. The third kappa shape index (κ3) is 1.90. The fraction of sp³-hybridized carbons (Fsp3) is 0.833. The molecular weight excluding hydrogens is 136 g/mol. The summed E-state index contributed by atoms with van der Waals surface area (Å²) in [5.41, 5.74) is 0.155. The largest absolute Gasteiger partial charge is 0.451 e. The number of hydrogen-bond acceptors (Lipinski definition) is 3. The second-order valence-electron chi connectivity index (χ2n) is 2.02. The van der Waals surface area contributed by atoms with E-state index in [0.29, 0.717) is 5.75 Å². The van der Waals surface area contributed by atoms with Crippen molar-refractivity contribution in [2.24, 2.45) is 0 Å². The maximum absolute atomic E-state index is 10.5. The highest BCUT2D eigenvalue weighted by molar-refractivity contribution is 8.00. The fourth-order valence-electron chi connectivity index (χ4n) is 0.754. The van der Waals surface area contributed by atoms with E-state index in [2.05, 4.69) is 6.92 Å². The van der Waals surface area contributed by atoms with E-state index in [1.807, 2.05) is 0 Å². The van der Waals surface area contributed by atoms with E-state index in [9.17, 15) is 4.79 Å². The van der Waals surface area contributed by atoms with Crippen LogP contribution < -0.4 is 0 Å². The minimum Gasteiger partial charge on any atom is -0.451 e. The van der Waals surface area contributed by atoms with Crippen LogP contribution in [-0.2, 0) is 9.53 Å². The minimum atomic E-state index is -0.0570. The van der Waals surface area contributed by atoms with Crippen LogP contribution in [0.15, 0.2) is 0 Å². The predicted octanol–water partition coefficient (Wildman–Crippen LogP) is 1.40. The molecule has 1 saturated heterocycles. The van der Waals surface area contributed by atoms with Crippen LogP contribution in [-0.4, -0.2) is 17.2 Å². The molecule has 0 saturated carbocycles. The van der Waals surface area contributed by atoms with Crippen LogP contribution in [0, 0.1) is 0 Å². The molecule has 0 aromatic carbocycles. The summed E-state index contributed by atoms with van der Waals surface area (Å²) in [6.07, 6.45) is 2.08. The first kappa shape index (κ1) is 6.93. The Morgan fingerprint density at radius 1 is 1.89 bits per heavy atom. The first-order valence-electron chi connectivity index (χ1n) is 3.14. The van der Waals surface area contributed by atoms with Gasteiger partial charge in [-0.25, -0.2) is 0 Å². The number of esters is 1. The average Bonchev–Trinajstić information content (AvgIpc) is 2.17. The van der Waals surface area contributed by atoms with Crippen LogP contribution in [0.1, 0.15) is 19.8 Å². The molecule has 1 atom stereocenters. The molecular formula is C6H10O2S. The number of ether oxygens (including phenoxy) is 1. The predicted molar refractivity (Wildman–Crippen MR) is 37.2 cm³/mol. The van der Waals surface area contributed by atoms with Crippen LogP contribution in [0.5, 0.6) is 0 Å². The molecule has 52 valence electrons. The molecule has 3 heteroatoms. The quantitative estimate of drug-likeness (QED) is 0.551. The maximum atomic E-state index is 10.5. The van der Waals surface area contributed by atoms with Gasteiger partial charge in [0, 0.05) is 0 Å². The molecule has 0 N–H and O–H groups in total. The van der Waals surface area contributed by atoms with Crippen LogP contribution in [0.4, 0.5) is 0 Å². The number of cyclic esters (lactones) is 1. The van der Waals surface area contributed by atoms with Gasteiger partial charge in [-0.2, -0.15) is 0 Å². The van der Waals surface area contributed by atoms with Crippen molar-refractivity contribution in [3.8, 4) is 0 Å². The lowest BCUT2D eigenvalue weighted by Gasteiger charge is -2.03. The minimum absolute atomic E-state index is 0.0570. The molecule has 9 heavy (non-hydrogen) atoms. The first-order valence-corrected chi connectivity index (χ1v) is 4.19. The Bertz CT molecular complexity index is 114. The standard InChI is InChI=1S/C6H10O2S/c1-2-3-6-8-5(7)4-9-6/h6H,2-4H2,1H3. The van der Waals surface area contributed by atoms with Crippen LogP contribution in [0.2, 0.25) is 0 Å². The van der Waals surface area contributed by atoms with E-state index in [0.717, 1.165) is 12.8 Å². The van der Waals surface area contributed by atoms with Gasteiger partial charge >= 0.3 is 5.97 Å². The van der Waals surface area contributed by atoms with E-state index >= 15 is 0 Å². The second kappa shape index (κ2) is 3.11. The number of carbonyl (C=O) groups excluding carboxylic acids is 1. The lowest BCUT2D eigenvalue weighted by Crippen LogP contribution is -2.03. The van der Waals surface area contributed by atoms with Gasteiger partial charge in [0.2, 0.25) is 0 Å². The molecule has 0 spiro atoms. The Morgan fingerprint density at radius 2 is 2.67 bits per heavy atom. The summed E-state index contributed by atoms with van der Waals surface area (Å²) in [4.78, 5) is 10.5. The normalized spacial score (nSPS) is 26.3. The summed E-state index contributed by atoms with van der Waals surface area (Å²) in [6, 6.07) is 0. The highest BCUT2D eigenvalue weighted by Gasteiger charge is 2.22. The first-order chi connectivity index (χ1) is 4.33. The third-order valence-electron chi connectivity index (χ3n) is 1.17. The Morgan fingerprint density at radius 3 is 3.11 bits per heavy atom. The van der Waals surface area contributed by atoms with E-state index in [4.69, 9.17) is 4.74 Å². The topological polar surface area (TPSA) is 26.3 Å². The molecule has 0 aromatic heterocycles. The van der Waals surface area contributed by atoms with Crippen molar-refractivity contribution >= 4 is 17.7 Å². The van der Waals surface area contributed by atoms with Crippen molar-refractivity contribution in [2.45, 2.75) is 25.2 Å². The van der Waals surface area contributed by atoms with E-state index in [1.54, 1.807) is 11.8 Å². The maximum Gasteiger partial charge on any atom is 0.317 e. The molecule has 0 aliphatic carbocycles. The highest BCUT2D eigenvalue weighted by Crippen LogP contribution is 2.24. The SMILES string of the molecule is CCCC1OC(=O)CS1. The number of carbonyl (C=O) groups is 1. The lowest BCUT2D eigenvalue weighted by atomic mass is 10.4. The van der Waals surface area contributed by atoms with Crippen molar-refractivity contribution in [2.75, 3.05) is 5.75 Å². The zero-order chi connectivity index (χ0) is 6.69. The van der Waals surface area contributed by atoms with Gasteiger partial charge in [0.1, 0.15) is 5.44 Å². The molecule has 1 aliphatic rings. The van der Waals surface area contributed by atoms with Crippen LogP contribution >= 0.6 is 11.8 Å². The van der Waals surface area contributed by atoms with Crippen LogP contribution in [0.25, 0.3) is 0 Å². The Kier molecular flexibility index (Phi) is 2.39. The zero-order valence-electron chi connectivity index (χ0n) is 5.42. The molecule has 1 fully saturated rings. The fourth-order valence-corrected chi connectivity index (χ4v) is 1.72. The van der Waals surface area contributed by atoms with Gasteiger partial charge in [-0.15, -0.1) is 11.8 Å². The monoisotopic (exact) mass is 146 g/mol. The molecule has 0 radical (unpaired) electrons. The zero-order valence-corrected chi connectivity index (χ0v) is 6.24. The molecule has 0 aromatic rings. The summed E-state index contributed by atoms with van der Waals surface area (Å²) in [7, 11) is 0. The molecule has 1 rings (SSSR count). The van der Waals surface area contributed by atoms with E-state index in [-0.39, 0.29) is 11.4 Å². The Hall–Kier alpha value is -0.180. The van der Waals surface area contributed by atoms with Crippen molar-refractivity contribution in [3.05, 3.63) is 0 Å². The molecule has 0 bridgehead atoms. The summed E-state index contributed by atoms with van der Waals surface area (Å²) in [5.74, 6) is 0.489. The number of rotatable bonds is 2. The molecule has 0 amide bonds. The van der Waals surface area contributed by atoms with Crippen molar-refractivity contribution < 1.29 is 9.53 Å². The highest BCUT2D eigenvalue weighted by atomic mass is 32.2. The number of hydrogen-bond donors (Lipinski definition) is 0. The van der Waals surface area contributed by atoms with Gasteiger partial charge < -0.3 is 4.74 Å². The van der Waals surface area contributed by atoms with E-state index < -0.39 is 0 Å². The summed E-state index contributed by atoms with van der Waals surface area (Å²) in [5, 5.41) is 0. The molecule has 1 unspecified atom stereocenters.